The van der Waals surface area contributed by atoms with Gasteiger partial charge in [0.1, 0.15) is 28.3 Å². The van der Waals surface area contributed by atoms with Crippen LogP contribution >= 0.6 is 48.0 Å². The Kier molecular flexibility index (Phi) is 18.9. The average molecular weight is 839 g/mol. The number of amides is 2. The maximum absolute atomic E-state index is 13.3. The minimum absolute atomic E-state index is 0.128. The van der Waals surface area contributed by atoms with Gasteiger partial charge in [-0.3, -0.25) is 29.0 Å². The maximum Gasteiger partial charge on any atom is 0.326 e. The van der Waals surface area contributed by atoms with E-state index in [9.17, 15) is 19.2 Å². The maximum atomic E-state index is 13.3. The molecule has 2 aliphatic rings. The number of thioether (sulfide) groups is 2. The van der Waals surface area contributed by atoms with Crippen LogP contribution in [0.3, 0.4) is 0 Å². The summed E-state index contributed by atoms with van der Waals surface area (Å²) in [5.41, 5.74) is 3.82. The van der Waals surface area contributed by atoms with Crippen molar-refractivity contribution in [1.82, 2.24) is 9.80 Å². The van der Waals surface area contributed by atoms with E-state index >= 15 is 0 Å². The molecule has 10 nitrogen and oxygen atoms in total. The molecule has 0 unspecified atom stereocenters. The molecule has 14 heteroatoms. The molecule has 4 rings (SSSR count). The first kappa shape index (κ1) is 45.0. The van der Waals surface area contributed by atoms with Gasteiger partial charge in [0.25, 0.3) is 11.8 Å². The fourth-order valence-electron chi connectivity index (χ4n) is 6.22. The lowest BCUT2D eigenvalue weighted by molar-refractivity contribution is -0.146. The molecule has 2 heterocycles. The van der Waals surface area contributed by atoms with Crippen LogP contribution in [0.2, 0.25) is 0 Å². The molecular formula is C42H54N4O6S4. The van der Waals surface area contributed by atoms with Crippen molar-refractivity contribution in [2.45, 2.75) is 79.1 Å². The van der Waals surface area contributed by atoms with E-state index in [2.05, 4.69) is 35.8 Å². The molecule has 0 aliphatic carbocycles. The highest BCUT2D eigenvalue weighted by Crippen LogP contribution is 2.34. The number of carbonyl (C=O) groups is 4. The van der Waals surface area contributed by atoms with Crippen molar-refractivity contribution in [1.29, 1.82) is 0 Å². The minimum Gasteiger partial charge on any atom is -0.465 e. The highest BCUT2D eigenvalue weighted by atomic mass is 32.2. The van der Waals surface area contributed by atoms with E-state index in [1.54, 1.807) is 13.0 Å². The van der Waals surface area contributed by atoms with Crippen molar-refractivity contribution in [2.24, 2.45) is 0 Å². The molecule has 2 saturated heterocycles. The molecule has 2 aromatic carbocycles. The van der Waals surface area contributed by atoms with Gasteiger partial charge >= 0.3 is 11.9 Å². The Morgan fingerprint density at radius 2 is 1.07 bits per heavy atom. The Morgan fingerprint density at radius 1 is 0.625 bits per heavy atom. The van der Waals surface area contributed by atoms with Gasteiger partial charge in [0, 0.05) is 31.0 Å². The van der Waals surface area contributed by atoms with Crippen molar-refractivity contribution in [2.75, 3.05) is 62.3 Å². The second-order valence-electron chi connectivity index (χ2n) is 13.4. The summed E-state index contributed by atoms with van der Waals surface area (Å²) in [5, 5.41) is 0. The minimum atomic E-state index is -0.531. The molecule has 56 heavy (non-hydrogen) atoms. The van der Waals surface area contributed by atoms with Crippen LogP contribution in [0.1, 0.15) is 90.2 Å². The number of hydrogen-bond acceptors (Lipinski definition) is 12. The number of esters is 2. The van der Waals surface area contributed by atoms with Gasteiger partial charge in [0.05, 0.1) is 23.0 Å². The number of anilines is 2. The van der Waals surface area contributed by atoms with E-state index < -0.39 is 11.9 Å². The SMILES string of the molecule is CCCCCCN(CCCCCC)c1ccc(/C=C2\SC(=S)N(CC(=O)OCCN(CC)c3ccc(/C=C4\SC(=S)N(CC(=O)OCC)C4=O)cc3)C2=O)cc1. The summed E-state index contributed by atoms with van der Waals surface area (Å²) in [7, 11) is 0. The quantitative estimate of drug-likeness (QED) is 0.0464. The Bertz CT molecular complexity index is 1740. The lowest BCUT2D eigenvalue weighted by atomic mass is 10.1. The molecule has 2 aromatic rings. The molecule has 302 valence electrons. The smallest absolute Gasteiger partial charge is 0.326 e. The van der Waals surface area contributed by atoms with Crippen LogP contribution in [0, 0.1) is 0 Å². The number of thiocarbonyl (C=S) groups is 2. The van der Waals surface area contributed by atoms with E-state index in [4.69, 9.17) is 33.9 Å². The number of rotatable bonds is 23. The lowest BCUT2D eigenvalue weighted by Gasteiger charge is -2.25. The second-order valence-corrected chi connectivity index (χ2v) is 16.8. The lowest BCUT2D eigenvalue weighted by Crippen LogP contribution is -2.35. The van der Waals surface area contributed by atoms with Gasteiger partial charge in [-0.15, -0.1) is 0 Å². The van der Waals surface area contributed by atoms with Gasteiger partial charge in [-0.05, 0) is 74.2 Å². The van der Waals surface area contributed by atoms with E-state index in [1.807, 2.05) is 49.4 Å². The van der Waals surface area contributed by atoms with Crippen molar-refractivity contribution in [3.05, 3.63) is 69.5 Å². The van der Waals surface area contributed by atoms with Gasteiger partial charge in [-0.25, -0.2) is 0 Å². The molecule has 0 atom stereocenters. The van der Waals surface area contributed by atoms with Crippen molar-refractivity contribution >= 4 is 104 Å². The number of hydrogen-bond donors (Lipinski definition) is 0. The van der Waals surface area contributed by atoms with Crippen LogP contribution in [0.15, 0.2) is 58.3 Å². The van der Waals surface area contributed by atoms with Crippen molar-refractivity contribution in [3.63, 3.8) is 0 Å². The molecule has 0 N–H and O–H groups in total. The number of benzene rings is 2. The molecule has 2 fully saturated rings. The van der Waals surface area contributed by atoms with Crippen molar-refractivity contribution < 1.29 is 28.7 Å². The summed E-state index contributed by atoms with van der Waals surface area (Å²) in [4.78, 5) is 58.9. The molecule has 2 aliphatic heterocycles. The molecule has 0 radical (unpaired) electrons. The fraction of sp³-hybridized carbons (Fsp3) is 0.476. The number of unbranched alkanes of at least 4 members (excludes halogenated alkanes) is 6. The van der Waals surface area contributed by atoms with Crippen LogP contribution in [0.4, 0.5) is 11.4 Å². The summed E-state index contributed by atoms with van der Waals surface area (Å²) < 4.78 is 11.1. The highest BCUT2D eigenvalue weighted by Gasteiger charge is 2.35. The third kappa shape index (κ3) is 13.5. The summed E-state index contributed by atoms with van der Waals surface area (Å²) >= 11 is 13.1. The number of ether oxygens (including phenoxy) is 2. The zero-order valence-corrected chi connectivity index (χ0v) is 36.2. The topological polar surface area (TPSA) is 99.7 Å². The molecular weight excluding hydrogens is 785 g/mol. The third-order valence-electron chi connectivity index (χ3n) is 9.31. The first-order chi connectivity index (χ1) is 27.1. The van der Waals surface area contributed by atoms with Crippen molar-refractivity contribution in [3.8, 4) is 0 Å². The van der Waals surface area contributed by atoms with Crippen LogP contribution in [0.5, 0.6) is 0 Å². The van der Waals surface area contributed by atoms with Gasteiger partial charge < -0.3 is 19.3 Å². The Labute approximate surface area is 351 Å². The summed E-state index contributed by atoms with van der Waals surface area (Å²) in [6.45, 7) is 11.3. The van der Waals surface area contributed by atoms with Gasteiger partial charge in [-0.2, -0.15) is 0 Å². The number of nitrogens with zero attached hydrogens (tertiary/aromatic N) is 4. The average Bonchev–Trinajstić information content (AvgIpc) is 3.60. The highest BCUT2D eigenvalue weighted by molar-refractivity contribution is 8.27. The van der Waals surface area contributed by atoms with Crippen LogP contribution < -0.4 is 9.80 Å². The van der Waals surface area contributed by atoms with E-state index in [0.29, 0.717) is 31.5 Å². The number of likely N-dealkylation sites (N-methyl/N-ethyl adjacent to an activating group) is 1. The Morgan fingerprint density at radius 3 is 1.50 bits per heavy atom. The largest absolute Gasteiger partial charge is 0.465 e. The van der Waals surface area contributed by atoms with E-state index in [1.165, 1.54) is 78.6 Å². The Hall–Kier alpha value is -3.72. The summed E-state index contributed by atoms with van der Waals surface area (Å²) in [6.07, 6.45) is 13.4. The molecule has 2 amide bonds. The van der Waals surface area contributed by atoms with Gasteiger partial charge in [-0.1, -0.05) is 125 Å². The second kappa shape index (κ2) is 23.5. The first-order valence-corrected chi connectivity index (χ1v) is 22.0. The summed E-state index contributed by atoms with van der Waals surface area (Å²) in [5.74, 6) is -1.67. The zero-order valence-electron chi connectivity index (χ0n) is 33.0. The first-order valence-electron chi connectivity index (χ1n) is 19.6. The van der Waals surface area contributed by atoms with Gasteiger partial charge in [0.15, 0.2) is 0 Å². The molecule has 0 saturated carbocycles. The van der Waals surface area contributed by atoms with Gasteiger partial charge in [0.2, 0.25) is 0 Å². The van der Waals surface area contributed by atoms with E-state index in [0.717, 1.165) is 41.7 Å². The summed E-state index contributed by atoms with van der Waals surface area (Å²) in [6, 6.07) is 16.0. The predicted octanol–water partition coefficient (Wildman–Crippen LogP) is 8.69. The standard InChI is InChI=1S/C42H54N4O6S4/c1-5-9-11-13-23-44(24-14-12-10-6-2)34-21-17-32(18-22-34)28-36-40(50)46(42(54)56-36)30-38(48)52-26-25-43(7-3)33-19-15-31(16-20-33)27-35-39(49)45(41(53)55-35)29-37(47)51-8-4/h15-22,27-28H,5-14,23-26,29-30H2,1-4H3/b35-27-,36-28-. The fourth-order valence-corrected chi connectivity index (χ4v) is 8.73. The van der Waals surface area contributed by atoms with Crippen LogP contribution in [-0.2, 0) is 28.7 Å². The normalized spacial score (nSPS) is 15.7. The molecule has 0 bridgehead atoms. The zero-order chi connectivity index (χ0) is 40.5. The van der Waals surface area contributed by atoms with Crippen LogP contribution in [-0.4, -0.2) is 94.7 Å². The van der Waals surface area contributed by atoms with Crippen LogP contribution in [0.25, 0.3) is 12.2 Å². The third-order valence-corrected chi connectivity index (χ3v) is 12.1. The Balaban J connectivity index is 1.27. The molecule has 0 aromatic heterocycles. The monoisotopic (exact) mass is 838 g/mol. The number of carbonyl (C=O) groups excluding carboxylic acids is 4. The molecule has 0 spiro atoms. The van der Waals surface area contributed by atoms with E-state index in [-0.39, 0.29) is 38.1 Å². The predicted molar refractivity (Wildman–Crippen MR) is 239 cm³/mol.